The van der Waals surface area contributed by atoms with Gasteiger partial charge in [-0.25, -0.2) is 0 Å². The van der Waals surface area contributed by atoms with E-state index in [0.717, 1.165) is 34.9 Å². The number of aromatic nitrogens is 1. The highest BCUT2D eigenvalue weighted by molar-refractivity contribution is 6.31. The molecule has 3 aliphatic heterocycles. The molecule has 4 amide bonds. The van der Waals surface area contributed by atoms with Crippen LogP contribution < -0.4 is 10.6 Å². The average Bonchev–Trinajstić information content (AvgIpc) is 3.60. The van der Waals surface area contributed by atoms with Gasteiger partial charge in [-0.3, -0.25) is 19.2 Å². The third-order valence-corrected chi connectivity index (χ3v) is 9.55. The molecule has 1 aliphatic carbocycles. The Morgan fingerprint density at radius 2 is 1.86 bits per heavy atom. The summed E-state index contributed by atoms with van der Waals surface area (Å²) in [6.45, 7) is 0.285. The van der Waals surface area contributed by atoms with Crippen molar-refractivity contribution in [1.82, 2.24) is 25.4 Å². The smallest absolute Gasteiger partial charge is 0.245 e. The highest BCUT2D eigenvalue weighted by atomic mass is 35.5. The van der Waals surface area contributed by atoms with Crippen LogP contribution in [0, 0.1) is 11.8 Å². The zero-order valence-corrected chi connectivity index (χ0v) is 24.7. The Labute approximate surface area is 254 Å². The number of nitrogens with one attached hydrogen (secondary N) is 3. The van der Waals surface area contributed by atoms with Crippen LogP contribution in [0.2, 0.25) is 5.02 Å². The molecule has 6 atom stereocenters. The number of amides is 4. The molecule has 2 bridgehead atoms. The first-order valence-corrected chi connectivity index (χ1v) is 15.2. The Hall–Kier alpha value is -3.89. The SMILES string of the molecule is CN(Cc1ccccc1Cl)C(=O)C(Cc1c[nH]c2ccccc12)NC(=O)C1CC(O)CN1C(=O)C1CC2CCC1NC2=O. The first-order chi connectivity index (χ1) is 20.7. The summed E-state index contributed by atoms with van der Waals surface area (Å²) in [4.78, 5) is 59.9. The fourth-order valence-electron chi connectivity index (χ4n) is 6.89. The Bertz CT molecular complexity index is 1560. The third-order valence-electron chi connectivity index (χ3n) is 9.19. The number of fused-ring (bicyclic) bond motifs is 4. The monoisotopic (exact) mass is 605 g/mol. The van der Waals surface area contributed by atoms with Gasteiger partial charge in [-0.1, -0.05) is 48.0 Å². The largest absolute Gasteiger partial charge is 0.391 e. The van der Waals surface area contributed by atoms with E-state index in [-0.39, 0.29) is 55.6 Å². The molecule has 0 radical (unpaired) electrons. The molecule has 4 heterocycles. The van der Waals surface area contributed by atoms with E-state index in [0.29, 0.717) is 11.4 Å². The number of halogens is 1. The molecule has 3 saturated heterocycles. The van der Waals surface area contributed by atoms with Crippen molar-refractivity contribution in [1.29, 1.82) is 0 Å². The van der Waals surface area contributed by atoms with Crippen molar-refractivity contribution in [2.45, 2.75) is 62.9 Å². The molecular formula is C32H36ClN5O5. The zero-order valence-electron chi connectivity index (χ0n) is 24.0. The minimum atomic E-state index is -0.932. The van der Waals surface area contributed by atoms with Gasteiger partial charge < -0.3 is 30.5 Å². The van der Waals surface area contributed by atoms with Crippen LogP contribution in [0.3, 0.4) is 0 Å². The molecule has 10 nitrogen and oxygen atoms in total. The van der Waals surface area contributed by atoms with E-state index in [2.05, 4.69) is 15.6 Å². The van der Waals surface area contributed by atoms with Crippen LogP contribution >= 0.6 is 11.6 Å². The fraction of sp³-hybridized carbons (Fsp3) is 0.438. The van der Waals surface area contributed by atoms with Gasteiger partial charge in [-0.05, 0) is 42.5 Å². The number of likely N-dealkylation sites (tertiary alicyclic amines) is 1. The number of para-hydroxylation sites is 1. The van der Waals surface area contributed by atoms with Crippen LogP contribution in [-0.4, -0.2) is 81.3 Å². The Morgan fingerprint density at radius 1 is 1.09 bits per heavy atom. The number of benzene rings is 2. The lowest BCUT2D eigenvalue weighted by molar-refractivity contribution is -0.148. The highest BCUT2D eigenvalue weighted by Crippen LogP contribution is 2.37. The predicted molar refractivity (Wildman–Crippen MR) is 161 cm³/mol. The van der Waals surface area contributed by atoms with Gasteiger partial charge in [0.05, 0.1) is 12.0 Å². The number of nitrogens with zero attached hydrogens (tertiary/aromatic N) is 2. The van der Waals surface area contributed by atoms with Crippen LogP contribution in [0.4, 0.5) is 0 Å². The quantitative estimate of drug-likeness (QED) is 0.313. The van der Waals surface area contributed by atoms with Gasteiger partial charge in [0.25, 0.3) is 0 Å². The van der Waals surface area contributed by atoms with E-state index in [1.807, 2.05) is 48.7 Å². The summed E-state index contributed by atoms with van der Waals surface area (Å²) < 4.78 is 0. The molecule has 226 valence electrons. The number of aliphatic hydroxyl groups excluding tert-OH is 1. The molecule has 1 saturated carbocycles. The van der Waals surface area contributed by atoms with Gasteiger partial charge in [0.2, 0.25) is 23.6 Å². The summed E-state index contributed by atoms with van der Waals surface area (Å²) in [6.07, 6.45) is 3.21. The lowest BCUT2D eigenvalue weighted by Gasteiger charge is -2.43. The maximum absolute atomic E-state index is 13.9. The fourth-order valence-corrected chi connectivity index (χ4v) is 7.08. The van der Waals surface area contributed by atoms with Crippen molar-refractivity contribution in [3.05, 3.63) is 70.9 Å². The molecular weight excluding hydrogens is 570 g/mol. The lowest BCUT2D eigenvalue weighted by atomic mass is 9.73. The van der Waals surface area contributed by atoms with Gasteiger partial charge in [-0.2, -0.15) is 0 Å². The summed E-state index contributed by atoms with van der Waals surface area (Å²) in [5.41, 5.74) is 2.57. The van der Waals surface area contributed by atoms with Crippen molar-refractivity contribution >= 4 is 46.1 Å². The summed E-state index contributed by atoms with van der Waals surface area (Å²) in [6, 6.07) is 12.9. The van der Waals surface area contributed by atoms with Crippen LogP contribution in [0.5, 0.6) is 0 Å². The first kappa shape index (κ1) is 29.2. The van der Waals surface area contributed by atoms with E-state index in [4.69, 9.17) is 11.6 Å². The summed E-state index contributed by atoms with van der Waals surface area (Å²) >= 11 is 6.36. The van der Waals surface area contributed by atoms with Crippen molar-refractivity contribution in [2.24, 2.45) is 11.8 Å². The molecule has 7 rings (SSSR count). The molecule has 2 aromatic carbocycles. The van der Waals surface area contributed by atoms with Crippen molar-refractivity contribution in [3.8, 4) is 0 Å². The van der Waals surface area contributed by atoms with Gasteiger partial charge >= 0.3 is 0 Å². The topological polar surface area (TPSA) is 135 Å². The molecule has 1 aromatic heterocycles. The van der Waals surface area contributed by atoms with Crippen LogP contribution in [-0.2, 0) is 32.1 Å². The number of piperidine rings is 2. The minimum absolute atomic E-state index is 0.0180. The van der Waals surface area contributed by atoms with Crippen LogP contribution in [0.25, 0.3) is 10.9 Å². The number of H-pyrrole nitrogens is 1. The second kappa shape index (κ2) is 12.0. The van der Waals surface area contributed by atoms with Crippen molar-refractivity contribution in [2.75, 3.05) is 13.6 Å². The first-order valence-electron chi connectivity index (χ1n) is 14.8. The molecule has 4 N–H and O–H groups in total. The number of rotatable bonds is 8. The number of likely N-dealkylation sites (N-methyl/N-ethyl adjacent to an activating group) is 1. The van der Waals surface area contributed by atoms with E-state index in [1.54, 1.807) is 13.1 Å². The average molecular weight is 606 g/mol. The third kappa shape index (κ3) is 5.86. The summed E-state index contributed by atoms with van der Waals surface area (Å²) in [7, 11) is 1.67. The Balaban J connectivity index is 1.23. The molecule has 4 fully saturated rings. The van der Waals surface area contributed by atoms with E-state index in [1.165, 1.54) is 9.80 Å². The van der Waals surface area contributed by atoms with Crippen LogP contribution in [0.15, 0.2) is 54.7 Å². The van der Waals surface area contributed by atoms with Crippen molar-refractivity contribution < 1.29 is 24.3 Å². The molecule has 3 aromatic rings. The minimum Gasteiger partial charge on any atom is -0.391 e. The molecule has 0 spiro atoms. The second-order valence-corrected chi connectivity index (χ2v) is 12.4. The van der Waals surface area contributed by atoms with Gasteiger partial charge in [-0.15, -0.1) is 0 Å². The number of aromatic amines is 1. The van der Waals surface area contributed by atoms with Gasteiger partial charge in [0, 0.05) is 67.1 Å². The second-order valence-electron chi connectivity index (χ2n) is 12.0. The van der Waals surface area contributed by atoms with E-state index < -0.39 is 30.0 Å². The maximum atomic E-state index is 13.9. The maximum Gasteiger partial charge on any atom is 0.245 e. The molecule has 6 unspecified atom stereocenters. The van der Waals surface area contributed by atoms with Gasteiger partial charge in [0.1, 0.15) is 12.1 Å². The van der Waals surface area contributed by atoms with Crippen molar-refractivity contribution in [3.63, 3.8) is 0 Å². The normalized spacial score (nSPS) is 25.4. The number of carbonyl (C=O) groups is 4. The predicted octanol–water partition coefficient (Wildman–Crippen LogP) is 2.38. The lowest BCUT2D eigenvalue weighted by Crippen LogP contribution is -2.60. The molecule has 4 aliphatic rings. The zero-order chi connectivity index (χ0) is 30.2. The van der Waals surface area contributed by atoms with E-state index in [9.17, 15) is 24.3 Å². The number of β-amino-alcohol motifs (C(OH)–C–C–N with tert-alkyl or cyclic N) is 1. The number of carbonyl (C=O) groups excluding carboxylic acids is 4. The standard InChI is InChI=1S/C32H36ClN5O5/c1-37(16-19-6-2-4-8-24(19)33)32(43)27(13-20-15-34-25-9-5-3-7-22(20)25)36-30(41)28-14-21(39)17-38(28)31(42)23-12-18-10-11-26(23)35-29(18)40/h2-9,15,18,21,23,26-28,34,39H,10-14,16-17H2,1H3,(H,35,40)(H,36,41). The number of hydrogen-bond acceptors (Lipinski definition) is 5. The van der Waals surface area contributed by atoms with E-state index >= 15 is 0 Å². The Morgan fingerprint density at radius 3 is 2.60 bits per heavy atom. The summed E-state index contributed by atoms with van der Waals surface area (Å²) in [5.74, 6) is -1.67. The number of hydrogen-bond donors (Lipinski definition) is 4. The van der Waals surface area contributed by atoms with Crippen LogP contribution in [0.1, 0.15) is 36.8 Å². The molecule has 11 heteroatoms. The number of aliphatic hydroxyl groups is 1. The Kier molecular flexibility index (Phi) is 8.15. The summed E-state index contributed by atoms with van der Waals surface area (Å²) in [5, 5.41) is 17.9. The highest BCUT2D eigenvalue weighted by Gasteiger charge is 2.49. The van der Waals surface area contributed by atoms with Gasteiger partial charge in [0.15, 0.2) is 0 Å². The molecule has 43 heavy (non-hydrogen) atoms.